The predicted octanol–water partition coefficient (Wildman–Crippen LogP) is 2.16. The fraction of sp³-hybridized carbons (Fsp3) is 0.154. The quantitative estimate of drug-likeness (QED) is 0.654. The minimum Gasteiger partial charge on any atom is -0.269 e. The SMILES string of the molecule is Cc1nc(C=CC(=O)NS(=O)(=O)Cc2ccc(Cl)nc2)cs1. The number of aromatic nitrogens is 2. The number of rotatable bonds is 5. The molecule has 0 aliphatic carbocycles. The van der Waals surface area contributed by atoms with Gasteiger partial charge in [-0.05, 0) is 24.6 Å². The number of aryl methyl sites for hydroxylation is 1. The summed E-state index contributed by atoms with van der Waals surface area (Å²) in [6.07, 6.45) is 3.93. The van der Waals surface area contributed by atoms with E-state index in [4.69, 9.17) is 11.6 Å². The first-order valence-electron chi connectivity index (χ1n) is 6.09. The largest absolute Gasteiger partial charge is 0.269 e. The van der Waals surface area contributed by atoms with Gasteiger partial charge in [0.25, 0.3) is 5.91 Å². The average molecular weight is 358 g/mol. The molecule has 1 amide bonds. The summed E-state index contributed by atoms with van der Waals surface area (Å²) in [5, 5.41) is 2.90. The van der Waals surface area contributed by atoms with Crippen molar-refractivity contribution in [3.8, 4) is 0 Å². The lowest BCUT2D eigenvalue weighted by Gasteiger charge is -2.04. The van der Waals surface area contributed by atoms with Crippen LogP contribution in [0.25, 0.3) is 6.08 Å². The Bertz CT molecular complexity index is 798. The summed E-state index contributed by atoms with van der Waals surface area (Å²) in [7, 11) is -3.80. The number of nitrogens with one attached hydrogen (secondary N) is 1. The maximum absolute atomic E-state index is 11.9. The van der Waals surface area contributed by atoms with Gasteiger partial charge in [-0.2, -0.15) is 0 Å². The van der Waals surface area contributed by atoms with Crippen molar-refractivity contribution in [2.45, 2.75) is 12.7 Å². The van der Waals surface area contributed by atoms with Crippen molar-refractivity contribution >= 4 is 44.9 Å². The predicted molar refractivity (Wildman–Crippen MR) is 85.9 cm³/mol. The summed E-state index contributed by atoms with van der Waals surface area (Å²) in [4.78, 5) is 19.6. The zero-order chi connectivity index (χ0) is 16.2. The van der Waals surface area contributed by atoms with Crippen LogP contribution in [-0.2, 0) is 20.6 Å². The highest BCUT2D eigenvalue weighted by molar-refractivity contribution is 7.89. The molecule has 0 bridgehead atoms. The highest BCUT2D eigenvalue weighted by Gasteiger charge is 2.14. The second kappa shape index (κ2) is 6.99. The van der Waals surface area contributed by atoms with E-state index in [-0.39, 0.29) is 10.9 Å². The number of carbonyl (C=O) groups is 1. The van der Waals surface area contributed by atoms with Crippen molar-refractivity contribution in [3.05, 3.63) is 51.2 Å². The van der Waals surface area contributed by atoms with Crippen molar-refractivity contribution in [1.82, 2.24) is 14.7 Å². The molecule has 2 heterocycles. The summed E-state index contributed by atoms with van der Waals surface area (Å²) in [6, 6.07) is 3.02. The molecule has 1 N–H and O–H groups in total. The standard InChI is InChI=1S/C13H12ClN3O3S2/c1-9-16-11(7-21-9)3-5-13(18)17-22(19,20)8-10-2-4-12(14)15-6-10/h2-7H,8H2,1H3,(H,17,18). The highest BCUT2D eigenvalue weighted by Crippen LogP contribution is 2.10. The molecule has 6 nitrogen and oxygen atoms in total. The first kappa shape index (κ1) is 16.6. The molecule has 0 saturated heterocycles. The number of pyridine rings is 1. The molecule has 2 aromatic rings. The molecule has 0 saturated carbocycles. The number of carbonyl (C=O) groups excluding carboxylic acids is 1. The highest BCUT2D eigenvalue weighted by atomic mass is 35.5. The Labute approximate surface area is 136 Å². The van der Waals surface area contributed by atoms with Gasteiger partial charge in [0, 0.05) is 17.7 Å². The molecule has 116 valence electrons. The zero-order valence-corrected chi connectivity index (χ0v) is 13.9. The summed E-state index contributed by atoms with van der Waals surface area (Å²) in [5.41, 5.74) is 1.04. The van der Waals surface area contributed by atoms with E-state index in [9.17, 15) is 13.2 Å². The van der Waals surface area contributed by atoms with E-state index in [1.165, 1.54) is 35.7 Å². The minimum atomic E-state index is -3.80. The molecule has 0 aliphatic rings. The lowest BCUT2D eigenvalue weighted by Crippen LogP contribution is -2.30. The Hall–Kier alpha value is -1.77. The molecule has 2 rings (SSSR count). The molecule has 0 spiro atoms. The van der Waals surface area contributed by atoms with Crippen LogP contribution in [0.4, 0.5) is 0 Å². The van der Waals surface area contributed by atoms with Gasteiger partial charge in [0.05, 0.1) is 16.5 Å². The van der Waals surface area contributed by atoms with E-state index in [0.717, 1.165) is 11.1 Å². The number of thiazole rings is 1. The van der Waals surface area contributed by atoms with Crippen molar-refractivity contribution in [3.63, 3.8) is 0 Å². The van der Waals surface area contributed by atoms with Crippen LogP contribution in [0, 0.1) is 6.92 Å². The normalized spacial score (nSPS) is 11.7. The molecule has 0 atom stereocenters. The maximum atomic E-state index is 11.9. The summed E-state index contributed by atoms with van der Waals surface area (Å²) < 4.78 is 25.7. The Morgan fingerprint density at radius 1 is 1.45 bits per heavy atom. The number of nitrogens with zero attached hydrogens (tertiary/aromatic N) is 2. The van der Waals surface area contributed by atoms with Gasteiger partial charge in [-0.3, -0.25) is 4.79 Å². The minimum absolute atomic E-state index is 0.270. The molecule has 0 aliphatic heterocycles. The second-order valence-corrected chi connectivity index (χ2v) is 7.51. The number of halogens is 1. The fourth-order valence-electron chi connectivity index (χ4n) is 1.55. The van der Waals surface area contributed by atoms with Crippen LogP contribution in [0.15, 0.2) is 29.8 Å². The van der Waals surface area contributed by atoms with Crippen LogP contribution in [0.5, 0.6) is 0 Å². The molecule has 0 aromatic carbocycles. The van der Waals surface area contributed by atoms with Crippen molar-refractivity contribution in [2.24, 2.45) is 0 Å². The zero-order valence-electron chi connectivity index (χ0n) is 11.5. The third kappa shape index (κ3) is 5.21. The molecular weight excluding hydrogens is 346 g/mol. The summed E-state index contributed by atoms with van der Waals surface area (Å²) >= 11 is 7.07. The van der Waals surface area contributed by atoms with Gasteiger partial charge >= 0.3 is 0 Å². The molecule has 9 heteroatoms. The third-order valence-electron chi connectivity index (χ3n) is 2.44. The van der Waals surface area contributed by atoms with Gasteiger partial charge in [-0.15, -0.1) is 11.3 Å². The number of hydrogen-bond donors (Lipinski definition) is 1. The van der Waals surface area contributed by atoms with E-state index >= 15 is 0 Å². The van der Waals surface area contributed by atoms with Gasteiger partial charge in [0.2, 0.25) is 10.0 Å². The van der Waals surface area contributed by atoms with Crippen LogP contribution in [-0.4, -0.2) is 24.3 Å². The Morgan fingerprint density at radius 3 is 2.82 bits per heavy atom. The van der Waals surface area contributed by atoms with Crippen molar-refractivity contribution < 1.29 is 13.2 Å². The number of sulfonamides is 1. The monoisotopic (exact) mass is 357 g/mol. The third-order valence-corrected chi connectivity index (χ3v) is 4.68. The van der Waals surface area contributed by atoms with E-state index in [1.807, 2.05) is 11.6 Å². The second-order valence-electron chi connectivity index (χ2n) is 4.34. The molecule has 22 heavy (non-hydrogen) atoms. The average Bonchev–Trinajstić information content (AvgIpc) is 2.84. The van der Waals surface area contributed by atoms with Gasteiger partial charge in [0.1, 0.15) is 5.15 Å². The first-order valence-corrected chi connectivity index (χ1v) is 9.00. The van der Waals surface area contributed by atoms with Crippen LogP contribution >= 0.6 is 22.9 Å². The smallest absolute Gasteiger partial charge is 0.257 e. The summed E-state index contributed by atoms with van der Waals surface area (Å²) in [6.45, 7) is 1.84. The maximum Gasteiger partial charge on any atom is 0.257 e. The van der Waals surface area contributed by atoms with E-state index < -0.39 is 15.9 Å². The molecular formula is C13H12ClN3O3S2. The van der Waals surface area contributed by atoms with Gasteiger partial charge in [-0.1, -0.05) is 17.7 Å². The van der Waals surface area contributed by atoms with Gasteiger partial charge in [0.15, 0.2) is 0 Å². The Balaban J connectivity index is 1.97. The first-order chi connectivity index (χ1) is 10.3. The molecule has 0 fully saturated rings. The Morgan fingerprint density at radius 2 is 2.23 bits per heavy atom. The van der Waals surface area contributed by atoms with Crippen LogP contribution < -0.4 is 4.72 Å². The van der Waals surface area contributed by atoms with Gasteiger partial charge < -0.3 is 0 Å². The van der Waals surface area contributed by atoms with Crippen LogP contribution in [0.1, 0.15) is 16.3 Å². The Kier molecular flexibility index (Phi) is 5.28. The van der Waals surface area contributed by atoms with E-state index in [0.29, 0.717) is 11.3 Å². The fourth-order valence-corrected chi connectivity index (χ4v) is 3.30. The van der Waals surface area contributed by atoms with Crippen LogP contribution in [0.3, 0.4) is 0 Å². The van der Waals surface area contributed by atoms with E-state index in [1.54, 1.807) is 5.38 Å². The lowest BCUT2D eigenvalue weighted by molar-refractivity contribution is -0.114. The molecule has 0 radical (unpaired) electrons. The number of hydrogen-bond acceptors (Lipinski definition) is 6. The molecule has 0 unspecified atom stereocenters. The lowest BCUT2D eigenvalue weighted by atomic mass is 10.3. The van der Waals surface area contributed by atoms with Crippen LogP contribution in [0.2, 0.25) is 5.15 Å². The molecule has 2 aromatic heterocycles. The van der Waals surface area contributed by atoms with Crippen molar-refractivity contribution in [2.75, 3.05) is 0 Å². The number of amides is 1. The van der Waals surface area contributed by atoms with Crippen molar-refractivity contribution in [1.29, 1.82) is 0 Å². The topological polar surface area (TPSA) is 89.0 Å². The van der Waals surface area contributed by atoms with E-state index in [2.05, 4.69) is 9.97 Å². The van der Waals surface area contributed by atoms with Gasteiger partial charge in [-0.25, -0.2) is 23.1 Å². The summed E-state index contributed by atoms with van der Waals surface area (Å²) in [5.74, 6) is -1.08.